The van der Waals surface area contributed by atoms with Crippen LogP contribution in [0.25, 0.3) is 11.3 Å². The summed E-state index contributed by atoms with van der Waals surface area (Å²) in [6.07, 6.45) is 0.457. The van der Waals surface area contributed by atoms with Crippen LogP contribution in [0.3, 0.4) is 0 Å². The number of aromatic nitrogens is 2. The number of nitrogens with zero attached hydrogens (tertiary/aromatic N) is 2. The van der Waals surface area contributed by atoms with E-state index in [4.69, 9.17) is 17.3 Å². The lowest BCUT2D eigenvalue weighted by atomic mass is 10.1. The van der Waals surface area contributed by atoms with Gasteiger partial charge in [0.2, 0.25) is 0 Å². The van der Waals surface area contributed by atoms with Crippen LogP contribution >= 0.6 is 11.6 Å². The van der Waals surface area contributed by atoms with Crippen LogP contribution in [0, 0.1) is 5.82 Å². The highest BCUT2D eigenvalue weighted by Gasteiger charge is 2.31. The quantitative estimate of drug-likeness (QED) is 0.917. The number of nitrogen functional groups attached to an aromatic ring is 1. The van der Waals surface area contributed by atoms with Gasteiger partial charge in [0.25, 0.3) is 0 Å². The zero-order valence-corrected chi connectivity index (χ0v) is 12.5. The molecular formula is C13H13ClFN3O2S. The fourth-order valence-electron chi connectivity index (χ4n) is 2.53. The number of nitrogens with two attached hydrogens (primary N) is 1. The van der Waals surface area contributed by atoms with Crippen molar-refractivity contribution in [3.05, 3.63) is 35.1 Å². The minimum atomic E-state index is -3.05. The van der Waals surface area contributed by atoms with Gasteiger partial charge in [-0.3, -0.25) is 0 Å². The molecule has 1 aliphatic rings. The first-order valence-electron chi connectivity index (χ1n) is 6.37. The summed E-state index contributed by atoms with van der Waals surface area (Å²) in [5.74, 6) is -0.0755. The van der Waals surface area contributed by atoms with Gasteiger partial charge in [0.05, 0.1) is 33.8 Å². The molecule has 112 valence electrons. The van der Waals surface area contributed by atoms with Crippen molar-refractivity contribution in [1.29, 1.82) is 0 Å². The second kappa shape index (κ2) is 4.99. The third kappa shape index (κ3) is 2.63. The largest absolute Gasteiger partial charge is 0.384 e. The fraction of sp³-hybridized carbons (Fsp3) is 0.308. The summed E-state index contributed by atoms with van der Waals surface area (Å²) in [5.41, 5.74) is 6.36. The number of benzene rings is 1. The topological polar surface area (TPSA) is 78.0 Å². The van der Waals surface area contributed by atoms with Crippen molar-refractivity contribution in [2.24, 2.45) is 0 Å². The van der Waals surface area contributed by atoms with E-state index >= 15 is 0 Å². The average molecular weight is 330 g/mol. The molecule has 1 aromatic heterocycles. The molecule has 2 heterocycles. The molecule has 2 aromatic rings. The number of hydrogen-bond acceptors (Lipinski definition) is 4. The van der Waals surface area contributed by atoms with Gasteiger partial charge in [0, 0.05) is 6.07 Å². The molecule has 0 amide bonds. The standard InChI is InChI=1S/C13H13ClFN3O2S/c14-9-2-1-3-10(15)13(9)11-6-12(16)18(17-11)8-4-5-21(19,20)7-8/h1-3,6,8H,4-5,7,16H2. The van der Waals surface area contributed by atoms with Crippen LogP contribution in [0.15, 0.2) is 24.3 Å². The Morgan fingerprint density at radius 3 is 2.81 bits per heavy atom. The van der Waals surface area contributed by atoms with Crippen LogP contribution in [0.2, 0.25) is 5.02 Å². The van der Waals surface area contributed by atoms with Gasteiger partial charge in [0.15, 0.2) is 9.84 Å². The van der Waals surface area contributed by atoms with Gasteiger partial charge in [-0.25, -0.2) is 17.5 Å². The van der Waals surface area contributed by atoms with Crippen LogP contribution < -0.4 is 5.73 Å². The Labute approximate surface area is 126 Å². The molecular weight excluding hydrogens is 317 g/mol. The zero-order valence-electron chi connectivity index (χ0n) is 11.0. The molecule has 1 saturated heterocycles. The van der Waals surface area contributed by atoms with Gasteiger partial charge in [-0.15, -0.1) is 0 Å². The van der Waals surface area contributed by atoms with E-state index in [1.54, 1.807) is 6.07 Å². The van der Waals surface area contributed by atoms with Crippen molar-refractivity contribution in [1.82, 2.24) is 9.78 Å². The average Bonchev–Trinajstić information content (AvgIpc) is 2.92. The number of halogens is 2. The molecule has 0 radical (unpaired) electrons. The highest BCUT2D eigenvalue weighted by molar-refractivity contribution is 7.91. The van der Waals surface area contributed by atoms with Gasteiger partial charge in [-0.2, -0.15) is 5.10 Å². The van der Waals surface area contributed by atoms with Crippen molar-refractivity contribution in [2.45, 2.75) is 12.5 Å². The predicted octanol–water partition coefficient (Wildman–Crippen LogP) is 2.28. The predicted molar refractivity (Wildman–Crippen MR) is 79.4 cm³/mol. The van der Waals surface area contributed by atoms with Crippen molar-refractivity contribution < 1.29 is 12.8 Å². The smallest absolute Gasteiger partial charge is 0.152 e. The molecule has 0 aliphatic carbocycles. The highest BCUT2D eigenvalue weighted by Crippen LogP contribution is 2.33. The maximum absolute atomic E-state index is 13.9. The van der Waals surface area contributed by atoms with Gasteiger partial charge in [-0.05, 0) is 18.6 Å². The molecule has 0 spiro atoms. The summed E-state index contributed by atoms with van der Waals surface area (Å²) in [7, 11) is -3.05. The number of sulfone groups is 1. The molecule has 3 rings (SSSR count). The number of hydrogen-bond donors (Lipinski definition) is 1. The van der Waals surface area contributed by atoms with Gasteiger partial charge < -0.3 is 5.73 Å². The van der Waals surface area contributed by atoms with Gasteiger partial charge >= 0.3 is 0 Å². The van der Waals surface area contributed by atoms with E-state index in [-0.39, 0.29) is 28.1 Å². The second-order valence-electron chi connectivity index (χ2n) is 5.05. The van der Waals surface area contributed by atoms with Gasteiger partial charge in [-0.1, -0.05) is 17.7 Å². The van der Waals surface area contributed by atoms with Crippen LogP contribution in [0.1, 0.15) is 12.5 Å². The molecule has 1 fully saturated rings. The highest BCUT2D eigenvalue weighted by atomic mass is 35.5. The lowest BCUT2D eigenvalue weighted by molar-refractivity contribution is 0.507. The summed E-state index contributed by atoms with van der Waals surface area (Å²) in [6.45, 7) is 0. The molecule has 1 aromatic carbocycles. The molecule has 1 unspecified atom stereocenters. The van der Waals surface area contributed by atoms with E-state index in [1.165, 1.54) is 22.9 Å². The Bertz CT molecular complexity index is 783. The van der Waals surface area contributed by atoms with E-state index in [9.17, 15) is 12.8 Å². The molecule has 8 heteroatoms. The maximum atomic E-state index is 13.9. The van der Waals surface area contributed by atoms with Crippen LogP contribution in [-0.2, 0) is 9.84 Å². The summed E-state index contributed by atoms with van der Waals surface area (Å²) in [6, 6.07) is 5.56. The normalized spacial score (nSPS) is 20.8. The molecule has 1 aliphatic heterocycles. The fourth-order valence-corrected chi connectivity index (χ4v) is 4.49. The van der Waals surface area contributed by atoms with Crippen molar-refractivity contribution in [2.75, 3.05) is 17.2 Å². The molecule has 2 N–H and O–H groups in total. The summed E-state index contributed by atoms with van der Waals surface area (Å²) < 4.78 is 38.4. The molecule has 21 heavy (non-hydrogen) atoms. The first-order chi connectivity index (χ1) is 9.87. The van der Waals surface area contributed by atoms with E-state index in [0.29, 0.717) is 17.9 Å². The summed E-state index contributed by atoms with van der Waals surface area (Å²) >= 11 is 6.00. The van der Waals surface area contributed by atoms with Crippen molar-refractivity contribution in [3.8, 4) is 11.3 Å². The van der Waals surface area contributed by atoms with Crippen LogP contribution in [0.5, 0.6) is 0 Å². The Morgan fingerprint density at radius 1 is 1.43 bits per heavy atom. The SMILES string of the molecule is Nc1cc(-c2c(F)cccc2Cl)nn1C1CCS(=O)(=O)C1. The van der Waals surface area contributed by atoms with E-state index in [2.05, 4.69) is 5.10 Å². The molecule has 5 nitrogen and oxygen atoms in total. The van der Waals surface area contributed by atoms with E-state index in [1.807, 2.05) is 0 Å². The first kappa shape index (κ1) is 14.3. The Balaban J connectivity index is 2.03. The summed E-state index contributed by atoms with van der Waals surface area (Å²) in [5, 5.41) is 4.49. The molecule has 1 atom stereocenters. The molecule has 0 bridgehead atoms. The third-order valence-electron chi connectivity index (χ3n) is 3.54. The number of rotatable bonds is 2. The minimum absolute atomic E-state index is 0.00330. The maximum Gasteiger partial charge on any atom is 0.152 e. The molecule has 0 saturated carbocycles. The van der Waals surface area contributed by atoms with E-state index in [0.717, 1.165) is 0 Å². The summed E-state index contributed by atoms with van der Waals surface area (Å²) in [4.78, 5) is 0. The van der Waals surface area contributed by atoms with E-state index < -0.39 is 15.7 Å². The Kier molecular flexibility index (Phi) is 3.41. The third-order valence-corrected chi connectivity index (χ3v) is 5.60. The van der Waals surface area contributed by atoms with Gasteiger partial charge in [0.1, 0.15) is 11.6 Å². The van der Waals surface area contributed by atoms with Crippen LogP contribution in [-0.4, -0.2) is 29.7 Å². The zero-order chi connectivity index (χ0) is 15.2. The minimum Gasteiger partial charge on any atom is -0.384 e. The number of anilines is 1. The Morgan fingerprint density at radius 2 is 2.19 bits per heavy atom. The first-order valence-corrected chi connectivity index (χ1v) is 8.57. The van der Waals surface area contributed by atoms with Crippen LogP contribution in [0.4, 0.5) is 10.2 Å². The second-order valence-corrected chi connectivity index (χ2v) is 7.69. The lowest BCUT2D eigenvalue weighted by Gasteiger charge is -2.10. The van der Waals surface area contributed by atoms with Crippen molar-refractivity contribution >= 4 is 27.3 Å². The Hall–Kier alpha value is -1.60. The monoisotopic (exact) mass is 329 g/mol. The van der Waals surface area contributed by atoms with Crippen molar-refractivity contribution in [3.63, 3.8) is 0 Å². The lowest BCUT2D eigenvalue weighted by Crippen LogP contribution is -2.14.